The van der Waals surface area contributed by atoms with Gasteiger partial charge in [-0.15, -0.1) is 0 Å². The number of rotatable bonds is 9. The van der Waals surface area contributed by atoms with Crippen molar-refractivity contribution in [2.24, 2.45) is 5.41 Å². The minimum atomic E-state index is -0.928. The van der Waals surface area contributed by atoms with Crippen molar-refractivity contribution in [3.63, 3.8) is 0 Å². The van der Waals surface area contributed by atoms with E-state index in [9.17, 15) is 14.4 Å². The third-order valence-electron chi connectivity index (χ3n) is 6.41. The molecule has 1 saturated carbocycles. The first-order chi connectivity index (χ1) is 15.8. The number of hydrogen-bond acceptors (Lipinski definition) is 4. The molecule has 0 saturated heterocycles. The second-order valence-corrected chi connectivity index (χ2v) is 9.44. The zero-order valence-electron chi connectivity index (χ0n) is 19.0. The van der Waals surface area contributed by atoms with Crippen LogP contribution in [0.3, 0.4) is 0 Å². The summed E-state index contributed by atoms with van der Waals surface area (Å²) in [5.41, 5.74) is 3.74. The van der Waals surface area contributed by atoms with E-state index in [0.29, 0.717) is 0 Å². The maximum atomic E-state index is 13.1. The van der Waals surface area contributed by atoms with Crippen molar-refractivity contribution in [1.82, 2.24) is 10.2 Å². The molecule has 0 atom stereocenters. The molecule has 2 aliphatic carbocycles. The summed E-state index contributed by atoms with van der Waals surface area (Å²) in [4.78, 5) is 38.1. The number of nitrogens with zero attached hydrogens (tertiary/aromatic N) is 1. The molecule has 0 aromatic heterocycles. The Morgan fingerprint density at radius 1 is 1.03 bits per heavy atom. The standard InChI is InChI=1S/C26H30N2O5/c1-26(2,24(31)28(17-11-12-17)14-13-23(29)30)16-27-25(32)33-15-22-20-9-5-3-7-18(20)19-8-4-6-10-21(19)22/h3-10,17,22H,11-16H2,1-2H3,(H,27,32)(H,29,30). The summed E-state index contributed by atoms with van der Waals surface area (Å²) in [6.07, 6.45) is 1.13. The fraction of sp³-hybridized carbons (Fsp3) is 0.423. The van der Waals surface area contributed by atoms with E-state index >= 15 is 0 Å². The molecule has 2 aliphatic rings. The molecule has 0 bridgehead atoms. The largest absolute Gasteiger partial charge is 0.481 e. The molecule has 4 rings (SSSR count). The number of carbonyl (C=O) groups is 3. The number of aliphatic carboxylic acids is 1. The number of hydrogen-bond donors (Lipinski definition) is 2. The van der Waals surface area contributed by atoms with Crippen LogP contribution in [0, 0.1) is 5.41 Å². The number of ether oxygens (including phenoxy) is 1. The van der Waals surface area contributed by atoms with E-state index in [1.807, 2.05) is 24.3 Å². The number of carboxylic acids is 1. The van der Waals surface area contributed by atoms with E-state index in [1.54, 1.807) is 18.7 Å². The van der Waals surface area contributed by atoms with Gasteiger partial charge in [0.15, 0.2) is 0 Å². The van der Waals surface area contributed by atoms with E-state index in [1.165, 1.54) is 0 Å². The maximum Gasteiger partial charge on any atom is 0.407 e. The van der Waals surface area contributed by atoms with E-state index in [-0.39, 0.29) is 44.0 Å². The second kappa shape index (κ2) is 9.25. The van der Waals surface area contributed by atoms with Gasteiger partial charge in [-0.1, -0.05) is 48.5 Å². The van der Waals surface area contributed by atoms with Crippen LogP contribution in [-0.2, 0) is 14.3 Å². The summed E-state index contributed by atoms with van der Waals surface area (Å²) in [6.45, 7) is 4.03. The zero-order chi connectivity index (χ0) is 23.6. The first-order valence-electron chi connectivity index (χ1n) is 11.4. The lowest BCUT2D eigenvalue weighted by atomic mass is 9.91. The van der Waals surface area contributed by atoms with Gasteiger partial charge in [-0.2, -0.15) is 0 Å². The normalized spacial score (nSPS) is 14.8. The molecular weight excluding hydrogens is 420 g/mol. The van der Waals surface area contributed by atoms with Crippen LogP contribution < -0.4 is 5.32 Å². The quantitative estimate of drug-likeness (QED) is 0.602. The number of nitrogens with one attached hydrogen (secondary N) is 1. The van der Waals surface area contributed by atoms with E-state index < -0.39 is 17.5 Å². The van der Waals surface area contributed by atoms with Crippen LogP contribution in [0.5, 0.6) is 0 Å². The van der Waals surface area contributed by atoms with Gasteiger partial charge in [-0.05, 0) is 48.9 Å². The lowest BCUT2D eigenvalue weighted by molar-refractivity contribution is -0.142. The van der Waals surface area contributed by atoms with Crippen molar-refractivity contribution in [2.75, 3.05) is 19.7 Å². The molecule has 2 aromatic carbocycles. The molecule has 0 unspecified atom stereocenters. The molecule has 2 N–H and O–H groups in total. The summed E-state index contributed by atoms with van der Waals surface area (Å²) >= 11 is 0. The number of fused-ring (bicyclic) bond motifs is 3. The first kappa shape index (κ1) is 22.8. The minimum Gasteiger partial charge on any atom is -0.481 e. The van der Waals surface area contributed by atoms with Crippen molar-refractivity contribution in [3.8, 4) is 11.1 Å². The Balaban J connectivity index is 1.34. The van der Waals surface area contributed by atoms with E-state index in [2.05, 4.69) is 29.6 Å². The third-order valence-corrected chi connectivity index (χ3v) is 6.41. The Hall–Kier alpha value is -3.35. The summed E-state index contributed by atoms with van der Waals surface area (Å²) in [7, 11) is 0. The SMILES string of the molecule is CC(C)(CNC(=O)OCC1c2ccccc2-c2ccccc21)C(=O)N(CCC(=O)O)C1CC1. The summed E-state index contributed by atoms with van der Waals surface area (Å²) < 4.78 is 5.56. The molecular formula is C26H30N2O5. The fourth-order valence-corrected chi connectivity index (χ4v) is 4.46. The number of amides is 2. The van der Waals surface area contributed by atoms with Crippen LogP contribution in [-0.4, -0.2) is 53.7 Å². The lowest BCUT2D eigenvalue weighted by Crippen LogP contribution is -2.48. The predicted octanol–water partition coefficient (Wildman–Crippen LogP) is 4.02. The van der Waals surface area contributed by atoms with Gasteiger partial charge in [0, 0.05) is 25.0 Å². The first-order valence-corrected chi connectivity index (χ1v) is 11.4. The molecule has 7 nitrogen and oxygen atoms in total. The fourth-order valence-electron chi connectivity index (χ4n) is 4.46. The third kappa shape index (κ3) is 5.02. The highest BCUT2D eigenvalue weighted by molar-refractivity contribution is 5.84. The summed E-state index contributed by atoms with van der Waals surface area (Å²) in [5, 5.41) is 11.7. The Bertz CT molecular complexity index is 1010. The van der Waals surface area contributed by atoms with Gasteiger partial charge in [0.2, 0.25) is 5.91 Å². The van der Waals surface area contributed by atoms with Crippen molar-refractivity contribution in [2.45, 2.75) is 45.1 Å². The lowest BCUT2D eigenvalue weighted by Gasteiger charge is -2.32. The topological polar surface area (TPSA) is 95.9 Å². The molecule has 0 radical (unpaired) electrons. The van der Waals surface area contributed by atoms with Crippen LogP contribution >= 0.6 is 0 Å². The van der Waals surface area contributed by atoms with E-state index in [0.717, 1.165) is 35.1 Å². The maximum absolute atomic E-state index is 13.1. The molecule has 0 heterocycles. The molecule has 0 spiro atoms. The Morgan fingerprint density at radius 2 is 1.61 bits per heavy atom. The highest BCUT2D eigenvalue weighted by atomic mass is 16.5. The Labute approximate surface area is 193 Å². The highest BCUT2D eigenvalue weighted by Gasteiger charge is 2.40. The molecule has 33 heavy (non-hydrogen) atoms. The molecule has 2 aromatic rings. The van der Waals surface area contributed by atoms with Crippen molar-refractivity contribution in [3.05, 3.63) is 59.7 Å². The van der Waals surface area contributed by atoms with Crippen molar-refractivity contribution >= 4 is 18.0 Å². The number of carbonyl (C=O) groups excluding carboxylic acids is 2. The van der Waals surface area contributed by atoms with Crippen LogP contribution in [0.2, 0.25) is 0 Å². The summed E-state index contributed by atoms with van der Waals surface area (Å²) in [5.74, 6) is -1.10. The van der Waals surface area contributed by atoms with Gasteiger partial charge in [0.25, 0.3) is 0 Å². The van der Waals surface area contributed by atoms with Crippen LogP contribution in [0.1, 0.15) is 50.2 Å². The average molecular weight is 451 g/mol. The molecule has 7 heteroatoms. The highest BCUT2D eigenvalue weighted by Crippen LogP contribution is 2.44. The van der Waals surface area contributed by atoms with Gasteiger partial charge in [-0.3, -0.25) is 9.59 Å². The van der Waals surface area contributed by atoms with Gasteiger partial charge in [0.1, 0.15) is 6.61 Å². The Kier molecular flexibility index (Phi) is 6.40. The Morgan fingerprint density at radius 3 is 2.15 bits per heavy atom. The van der Waals surface area contributed by atoms with Crippen LogP contribution in [0.15, 0.2) is 48.5 Å². The molecule has 2 amide bonds. The van der Waals surface area contributed by atoms with Gasteiger partial charge >= 0.3 is 12.1 Å². The number of carboxylic acid groups (broad SMARTS) is 1. The van der Waals surface area contributed by atoms with E-state index in [4.69, 9.17) is 9.84 Å². The smallest absolute Gasteiger partial charge is 0.407 e. The average Bonchev–Trinajstić information content (AvgIpc) is 3.58. The van der Waals surface area contributed by atoms with Crippen LogP contribution in [0.25, 0.3) is 11.1 Å². The van der Waals surface area contributed by atoms with Crippen molar-refractivity contribution < 1.29 is 24.2 Å². The van der Waals surface area contributed by atoms with Crippen LogP contribution in [0.4, 0.5) is 4.79 Å². The van der Waals surface area contributed by atoms with Gasteiger partial charge < -0.3 is 20.1 Å². The molecule has 174 valence electrons. The predicted molar refractivity (Wildman–Crippen MR) is 124 cm³/mol. The number of benzene rings is 2. The van der Waals surface area contributed by atoms with Crippen molar-refractivity contribution in [1.29, 1.82) is 0 Å². The zero-order valence-corrected chi connectivity index (χ0v) is 19.0. The molecule has 0 aliphatic heterocycles. The van der Waals surface area contributed by atoms with Gasteiger partial charge in [0.05, 0.1) is 11.8 Å². The van der Waals surface area contributed by atoms with Gasteiger partial charge in [-0.25, -0.2) is 4.79 Å². The summed E-state index contributed by atoms with van der Waals surface area (Å²) in [6, 6.07) is 16.4. The monoisotopic (exact) mass is 450 g/mol. The number of alkyl carbamates (subject to hydrolysis) is 1. The molecule has 1 fully saturated rings. The minimum absolute atomic E-state index is 0.0285. The second-order valence-electron chi connectivity index (χ2n) is 9.44.